The highest BCUT2D eigenvalue weighted by molar-refractivity contribution is 5.85. The van der Waals surface area contributed by atoms with E-state index in [4.69, 9.17) is 5.73 Å². The molecule has 0 radical (unpaired) electrons. The molecule has 1 amide bonds. The van der Waals surface area contributed by atoms with Crippen molar-refractivity contribution >= 4 is 29.2 Å². The van der Waals surface area contributed by atoms with E-state index in [1.807, 2.05) is 32.0 Å². The molecule has 0 saturated carbocycles. The van der Waals surface area contributed by atoms with E-state index in [-0.39, 0.29) is 29.3 Å². The molecule has 2 aromatic rings. The van der Waals surface area contributed by atoms with Crippen molar-refractivity contribution in [3.05, 3.63) is 40.4 Å². The van der Waals surface area contributed by atoms with Crippen LogP contribution in [0.3, 0.4) is 0 Å². The van der Waals surface area contributed by atoms with E-state index < -0.39 is 0 Å². The Labute approximate surface area is 154 Å². The number of nitrogens with one attached hydrogen (secondary N) is 1. The average molecular weight is 367 g/mol. The molecule has 25 heavy (non-hydrogen) atoms. The van der Waals surface area contributed by atoms with Gasteiger partial charge >= 0.3 is 0 Å². The number of nitrogens with two attached hydrogens (primary N) is 1. The largest absolute Gasteiger partial charge is 0.345 e. The van der Waals surface area contributed by atoms with E-state index in [9.17, 15) is 9.59 Å². The number of aryl methyl sites for hydroxylation is 1. The minimum Gasteiger partial charge on any atom is -0.345 e. The topological polar surface area (TPSA) is 92.1 Å². The first kappa shape index (κ1) is 21.1. The number of benzene rings is 1. The molecule has 0 atom stereocenters. The van der Waals surface area contributed by atoms with Crippen molar-refractivity contribution in [2.45, 2.75) is 33.1 Å². The van der Waals surface area contributed by atoms with E-state index in [0.29, 0.717) is 49.1 Å². The van der Waals surface area contributed by atoms with Crippen LogP contribution >= 0.6 is 12.4 Å². The number of aromatic amines is 1. The minimum atomic E-state index is -0.135. The maximum absolute atomic E-state index is 12.2. The zero-order valence-electron chi connectivity index (χ0n) is 15.0. The van der Waals surface area contributed by atoms with Gasteiger partial charge in [-0.15, -0.1) is 12.4 Å². The lowest BCUT2D eigenvalue weighted by Gasteiger charge is -2.29. The van der Waals surface area contributed by atoms with Gasteiger partial charge < -0.3 is 15.6 Å². The third kappa shape index (κ3) is 5.83. The molecule has 0 aliphatic carbocycles. The molecule has 0 aliphatic heterocycles. The quantitative estimate of drug-likeness (QED) is 0.784. The van der Waals surface area contributed by atoms with E-state index in [1.54, 1.807) is 18.0 Å². The molecule has 1 heterocycles. The van der Waals surface area contributed by atoms with Crippen molar-refractivity contribution in [2.24, 2.45) is 11.1 Å². The number of para-hydroxylation sites is 1. The fraction of sp³-hybridized carbons (Fsp3) is 0.500. The molecule has 0 spiro atoms. The number of aromatic nitrogens is 2. The monoisotopic (exact) mass is 366 g/mol. The van der Waals surface area contributed by atoms with Crippen LogP contribution in [-0.2, 0) is 11.2 Å². The predicted molar refractivity (Wildman–Crippen MR) is 103 cm³/mol. The Morgan fingerprint density at radius 1 is 1.32 bits per heavy atom. The van der Waals surface area contributed by atoms with Crippen LogP contribution in [0.1, 0.15) is 32.5 Å². The summed E-state index contributed by atoms with van der Waals surface area (Å²) in [6, 6.07) is 7.25. The van der Waals surface area contributed by atoms with Gasteiger partial charge in [0.15, 0.2) is 0 Å². The first-order chi connectivity index (χ1) is 11.3. The number of fused-ring (bicyclic) bond motifs is 1. The highest BCUT2D eigenvalue weighted by Crippen LogP contribution is 2.15. The number of hydrogen-bond donors (Lipinski definition) is 2. The zero-order valence-corrected chi connectivity index (χ0v) is 15.9. The van der Waals surface area contributed by atoms with Gasteiger partial charge in [0, 0.05) is 26.4 Å². The Morgan fingerprint density at radius 3 is 2.68 bits per heavy atom. The highest BCUT2D eigenvalue weighted by Gasteiger charge is 2.20. The molecule has 2 rings (SSSR count). The molecule has 7 heteroatoms. The van der Waals surface area contributed by atoms with Crippen LogP contribution in [0.2, 0.25) is 0 Å². The molecular formula is C18H27ClN4O2. The Morgan fingerprint density at radius 2 is 2.00 bits per heavy atom. The van der Waals surface area contributed by atoms with E-state index in [2.05, 4.69) is 9.97 Å². The van der Waals surface area contributed by atoms with Gasteiger partial charge in [-0.3, -0.25) is 9.59 Å². The van der Waals surface area contributed by atoms with Gasteiger partial charge in [-0.25, -0.2) is 4.98 Å². The molecule has 1 aromatic heterocycles. The van der Waals surface area contributed by atoms with Crippen LogP contribution in [0, 0.1) is 5.41 Å². The van der Waals surface area contributed by atoms with Crippen LogP contribution in [0.5, 0.6) is 0 Å². The summed E-state index contributed by atoms with van der Waals surface area (Å²) in [5, 5.41) is 0.584. The fourth-order valence-electron chi connectivity index (χ4n) is 2.65. The van der Waals surface area contributed by atoms with Crippen LogP contribution in [0.25, 0.3) is 10.9 Å². The Hall–Kier alpha value is -1.92. The Bertz CT molecular complexity index is 773. The standard InChI is InChI=1S/C18H26N4O2.ClH/c1-18(2,11-19)12-22(3)16(23)10-6-9-15-20-14-8-5-4-7-13(14)17(24)21-15;/h4-5,7-8H,6,9-12,19H2,1-3H3,(H,20,21,24);1H. The fourth-order valence-corrected chi connectivity index (χ4v) is 2.65. The predicted octanol–water partition coefficient (Wildman–Crippen LogP) is 2.11. The molecule has 0 saturated heterocycles. The number of carbonyl (C=O) groups excluding carboxylic acids is 1. The van der Waals surface area contributed by atoms with Crippen molar-refractivity contribution in [2.75, 3.05) is 20.1 Å². The van der Waals surface area contributed by atoms with Crippen molar-refractivity contribution in [1.82, 2.24) is 14.9 Å². The van der Waals surface area contributed by atoms with Crippen LogP contribution < -0.4 is 11.3 Å². The Balaban J connectivity index is 0.00000312. The van der Waals surface area contributed by atoms with Crippen molar-refractivity contribution in [3.8, 4) is 0 Å². The lowest BCUT2D eigenvalue weighted by atomic mass is 9.93. The van der Waals surface area contributed by atoms with Gasteiger partial charge in [-0.05, 0) is 30.5 Å². The number of carbonyl (C=O) groups is 1. The lowest BCUT2D eigenvalue weighted by molar-refractivity contribution is -0.131. The third-order valence-electron chi connectivity index (χ3n) is 4.11. The molecule has 3 N–H and O–H groups in total. The maximum atomic E-state index is 12.2. The van der Waals surface area contributed by atoms with Crippen LogP contribution in [0.4, 0.5) is 0 Å². The first-order valence-electron chi connectivity index (χ1n) is 8.24. The molecule has 1 aromatic carbocycles. The number of amides is 1. The summed E-state index contributed by atoms with van der Waals surface area (Å²) in [6.07, 6.45) is 1.64. The number of hydrogen-bond acceptors (Lipinski definition) is 4. The second kappa shape index (κ2) is 8.97. The van der Waals surface area contributed by atoms with E-state index in [0.717, 1.165) is 0 Å². The van der Waals surface area contributed by atoms with Gasteiger partial charge in [0.05, 0.1) is 10.9 Å². The van der Waals surface area contributed by atoms with Crippen LogP contribution in [-0.4, -0.2) is 40.9 Å². The maximum Gasteiger partial charge on any atom is 0.258 e. The average Bonchev–Trinajstić information content (AvgIpc) is 2.54. The second-order valence-electron chi connectivity index (χ2n) is 7.00. The SMILES string of the molecule is CN(CC(C)(C)CN)C(=O)CCCc1nc2ccccc2c(=O)[nH]1.Cl. The lowest BCUT2D eigenvalue weighted by Crippen LogP contribution is -2.39. The molecular weight excluding hydrogens is 340 g/mol. The summed E-state index contributed by atoms with van der Waals surface area (Å²) in [5.41, 5.74) is 6.17. The summed E-state index contributed by atoms with van der Waals surface area (Å²) in [6.45, 7) is 5.25. The smallest absolute Gasteiger partial charge is 0.258 e. The summed E-state index contributed by atoms with van der Waals surface area (Å²) in [4.78, 5) is 33.2. The zero-order chi connectivity index (χ0) is 17.7. The highest BCUT2D eigenvalue weighted by atomic mass is 35.5. The van der Waals surface area contributed by atoms with Gasteiger partial charge in [0.25, 0.3) is 5.56 Å². The number of rotatable bonds is 7. The van der Waals surface area contributed by atoms with Crippen LogP contribution in [0.15, 0.2) is 29.1 Å². The molecule has 0 unspecified atom stereocenters. The summed E-state index contributed by atoms with van der Waals surface area (Å²) < 4.78 is 0. The minimum absolute atomic E-state index is 0. The summed E-state index contributed by atoms with van der Waals surface area (Å²) in [7, 11) is 1.80. The van der Waals surface area contributed by atoms with Gasteiger partial charge in [0.1, 0.15) is 5.82 Å². The number of H-pyrrole nitrogens is 1. The summed E-state index contributed by atoms with van der Waals surface area (Å²) in [5.74, 6) is 0.705. The van der Waals surface area contributed by atoms with Gasteiger partial charge in [-0.1, -0.05) is 26.0 Å². The van der Waals surface area contributed by atoms with Crippen molar-refractivity contribution in [1.29, 1.82) is 0 Å². The van der Waals surface area contributed by atoms with Gasteiger partial charge in [0.2, 0.25) is 5.91 Å². The van der Waals surface area contributed by atoms with E-state index in [1.165, 1.54) is 0 Å². The summed E-state index contributed by atoms with van der Waals surface area (Å²) >= 11 is 0. The third-order valence-corrected chi connectivity index (χ3v) is 4.11. The molecule has 0 bridgehead atoms. The Kier molecular flexibility index (Phi) is 7.58. The molecule has 138 valence electrons. The second-order valence-corrected chi connectivity index (χ2v) is 7.00. The van der Waals surface area contributed by atoms with Gasteiger partial charge in [-0.2, -0.15) is 0 Å². The molecule has 0 aliphatic rings. The van der Waals surface area contributed by atoms with Crippen molar-refractivity contribution < 1.29 is 4.79 Å². The van der Waals surface area contributed by atoms with Crippen molar-refractivity contribution in [3.63, 3.8) is 0 Å². The molecule has 6 nitrogen and oxygen atoms in total. The van der Waals surface area contributed by atoms with E-state index >= 15 is 0 Å². The molecule has 0 fully saturated rings. The number of nitrogens with zero attached hydrogens (tertiary/aromatic N) is 2. The first-order valence-corrected chi connectivity index (χ1v) is 8.24. The normalized spacial score (nSPS) is 11.2. The number of halogens is 1.